The highest BCUT2D eigenvalue weighted by molar-refractivity contribution is 7.20. The summed E-state index contributed by atoms with van der Waals surface area (Å²) >= 11 is 0. The summed E-state index contributed by atoms with van der Waals surface area (Å²) in [5, 5.41) is 10.4. The number of aromatic nitrogens is 2. The zero-order chi connectivity index (χ0) is 41.7. The van der Waals surface area contributed by atoms with E-state index in [2.05, 4.69) is 264 Å². The Hall–Kier alpha value is -7.98. The molecule has 0 spiro atoms. The Morgan fingerprint density at radius 2 is 0.746 bits per heavy atom. The molecule has 296 valence electrons. The van der Waals surface area contributed by atoms with Crippen molar-refractivity contribution < 1.29 is 0 Å². The fourth-order valence-electron chi connectivity index (χ4n) is 10.4. The molecule has 2 heterocycles. The maximum atomic E-state index is 2.61. The third-order valence-corrected chi connectivity index (χ3v) is 17.9. The highest BCUT2D eigenvalue weighted by Gasteiger charge is 2.43. The number of hydrogen-bond acceptors (Lipinski definition) is 0. The zero-order valence-electron chi connectivity index (χ0n) is 34.6. The van der Waals surface area contributed by atoms with Crippen molar-refractivity contribution in [1.82, 2.24) is 9.13 Å². The van der Waals surface area contributed by atoms with Crippen molar-refractivity contribution in [2.75, 3.05) is 0 Å². The Balaban J connectivity index is 1.22. The van der Waals surface area contributed by atoms with E-state index in [1.54, 1.807) is 0 Å². The lowest BCUT2D eigenvalue weighted by atomic mass is 10.0. The normalized spacial score (nSPS) is 11.8. The molecule has 12 aromatic rings. The average molecular weight is 819 g/mol. The average Bonchev–Trinajstić information content (AvgIpc) is 3.89. The van der Waals surface area contributed by atoms with Crippen molar-refractivity contribution in [3.63, 3.8) is 0 Å². The molecule has 2 nitrogen and oxygen atoms in total. The van der Waals surface area contributed by atoms with E-state index in [-0.39, 0.29) is 0 Å². The van der Waals surface area contributed by atoms with E-state index >= 15 is 0 Å². The topological polar surface area (TPSA) is 9.86 Å². The summed E-state index contributed by atoms with van der Waals surface area (Å²) in [5.74, 6) is 0. The van der Waals surface area contributed by atoms with Crippen molar-refractivity contribution in [2.24, 2.45) is 0 Å². The van der Waals surface area contributed by atoms with Crippen LogP contribution >= 0.6 is 0 Å². The Morgan fingerprint density at radius 3 is 1.37 bits per heavy atom. The quantitative estimate of drug-likeness (QED) is 0.107. The molecule has 12 rings (SSSR count). The van der Waals surface area contributed by atoms with Crippen LogP contribution in [0.3, 0.4) is 0 Å². The fourth-order valence-corrected chi connectivity index (χ4v) is 15.3. The minimum atomic E-state index is -3.00. The monoisotopic (exact) mass is 818 g/mol. The Morgan fingerprint density at radius 1 is 0.286 bits per heavy atom. The van der Waals surface area contributed by atoms with Crippen LogP contribution in [0.1, 0.15) is 0 Å². The van der Waals surface area contributed by atoms with Gasteiger partial charge in [-0.2, -0.15) is 0 Å². The maximum Gasteiger partial charge on any atom is 0.181 e. The SMILES string of the molecule is c1ccc(-c2ccc(-n3c4ccccc4c4c(-n5c6ccc(-c7ccccc7)cc6c6cccc([Si](c7ccccc7)(c7ccccc7)c7ccccc7)c65)cccc43)cc2)cc1. The Bertz CT molecular complexity index is 3480. The van der Waals surface area contributed by atoms with Crippen LogP contribution in [0.25, 0.3) is 77.2 Å². The van der Waals surface area contributed by atoms with Crippen molar-refractivity contribution in [3.8, 4) is 33.6 Å². The molecular weight excluding hydrogens is 777 g/mol. The van der Waals surface area contributed by atoms with Gasteiger partial charge in [-0.3, -0.25) is 0 Å². The molecule has 0 atom stereocenters. The molecule has 63 heavy (non-hydrogen) atoms. The minimum absolute atomic E-state index is 1.14. The maximum absolute atomic E-state index is 3.00. The van der Waals surface area contributed by atoms with Gasteiger partial charge in [-0.15, -0.1) is 0 Å². The van der Waals surface area contributed by atoms with Gasteiger partial charge in [-0.05, 0) is 85.5 Å². The summed E-state index contributed by atoms with van der Waals surface area (Å²) in [4.78, 5) is 0. The molecule has 0 aliphatic heterocycles. The third kappa shape index (κ3) is 5.85. The first kappa shape index (κ1) is 36.8. The molecule has 0 fully saturated rings. The van der Waals surface area contributed by atoms with Gasteiger partial charge in [0, 0.05) is 27.2 Å². The lowest BCUT2D eigenvalue weighted by Crippen LogP contribution is -2.75. The largest absolute Gasteiger partial charge is 0.309 e. The first-order valence-corrected chi connectivity index (χ1v) is 23.8. The molecule has 0 aliphatic carbocycles. The van der Waals surface area contributed by atoms with Crippen molar-refractivity contribution >= 4 is 72.4 Å². The number of fused-ring (bicyclic) bond motifs is 6. The van der Waals surface area contributed by atoms with Crippen LogP contribution < -0.4 is 20.7 Å². The standard InChI is InChI=1S/C60H42N2Si/c1-6-20-43(21-7-1)45-36-39-47(40-37-45)61-54-32-17-16-30-52(54)59-56(61)33-19-34-57(59)62-55-41-38-46(44-22-8-2-9-23-44)42-53(55)51-31-18-35-58(60(51)62)63(48-24-10-3-11-25-48,49-26-12-4-13-27-49)50-28-14-5-15-29-50/h1-42H. The third-order valence-electron chi connectivity index (χ3n) is 13.1. The molecule has 10 aromatic carbocycles. The molecule has 0 N–H and O–H groups in total. The van der Waals surface area contributed by atoms with Crippen molar-refractivity contribution in [1.29, 1.82) is 0 Å². The molecule has 3 heteroatoms. The van der Waals surface area contributed by atoms with E-state index in [9.17, 15) is 0 Å². The van der Waals surface area contributed by atoms with E-state index < -0.39 is 8.07 Å². The summed E-state index contributed by atoms with van der Waals surface area (Å²) in [7, 11) is -3.00. The van der Waals surface area contributed by atoms with Crippen molar-refractivity contribution in [3.05, 3.63) is 255 Å². The molecular formula is C60H42N2Si. The number of para-hydroxylation sites is 2. The van der Waals surface area contributed by atoms with E-state index in [1.807, 2.05) is 0 Å². The van der Waals surface area contributed by atoms with Gasteiger partial charge in [0.2, 0.25) is 0 Å². The van der Waals surface area contributed by atoms with Crippen LogP contribution in [0.15, 0.2) is 255 Å². The Kier molecular flexibility index (Phi) is 8.87. The fraction of sp³-hybridized carbons (Fsp3) is 0. The van der Waals surface area contributed by atoms with Gasteiger partial charge in [0.05, 0.1) is 27.8 Å². The number of nitrogens with zero attached hydrogens (tertiary/aromatic N) is 2. The van der Waals surface area contributed by atoms with Crippen molar-refractivity contribution in [2.45, 2.75) is 0 Å². The summed E-state index contributed by atoms with van der Waals surface area (Å²) < 4.78 is 5.06. The number of hydrogen-bond donors (Lipinski definition) is 0. The summed E-state index contributed by atoms with van der Waals surface area (Å²) in [6.07, 6.45) is 0. The van der Waals surface area contributed by atoms with E-state index in [0.29, 0.717) is 0 Å². The minimum Gasteiger partial charge on any atom is -0.309 e. The second kappa shape index (κ2) is 15.2. The predicted octanol–water partition coefficient (Wildman–Crippen LogP) is 12.6. The number of benzene rings is 10. The predicted molar refractivity (Wildman–Crippen MR) is 270 cm³/mol. The van der Waals surface area contributed by atoms with Crippen LogP contribution in [0, 0.1) is 0 Å². The van der Waals surface area contributed by atoms with Crippen LogP contribution in [0.5, 0.6) is 0 Å². The van der Waals surface area contributed by atoms with Gasteiger partial charge < -0.3 is 9.13 Å². The van der Waals surface area contributed by atoms with E-state index in [1.165, 1.54) is 92.3 Å². The summed E-state index contributed by atoms with van der Waals surface area (Å²) in [6, 6.07) is 94.3. The van der Waals surface area contributed by atoms with E-state index in [4.69, 9.17) is 0 Å². The molecule has 2 aromatic heterocycles. The smallest absolute Gasteiger partial charge is 0.181 e. The number of rotatable bonds is 8. The van der Waals surface area contributed by atoms with Gasteiger partial charge >= 0.3 is 0 Å². The van der Waals surface area contributed by atoms with Gasteiger partial charge in [-0.25, -0.2) is 0 Å². The van der Waals surface area contributed by atoms with E-state index in [0.717, 1.165) is 5.69 Å². The second-order valence-electron chi connectivity index (χ2n) is 16.4. The van der Waals surface area contributed by atoms with Crippen LogP contribution in [0.4, 0.5) is 0 Å². The Labute approximate surface area is 368 Å². The van der Waals surface area contributed by atoms with Gasteiger partial charge in [0.1, 0.15) is 0 Å². The summed E-state index contributed by atoms with van der Waals surface area (Å²) in [5.41, 5.74) is 11.9. The first-order chi connectivity index (χ1) is 31.3. The van der Waals surface area contributed by atoms with Gasteiger partial charge in [-0.1, -0.05) is 212 Å². The second-order valence-corrected chi connectivity index (χ2v) is 20.2. The van der Waals surface area contributed by atoms with Gasteiger partial charge in [0.25, 0.3) is 0 Å². The lowest BCUT2D eigenvalue weighted by molar-refractivity contribution is 1.17. The highest BCUT2D eigenvalue weighted by atomic mass is 28.3. The van der Waals surface area contributed by atoms with Crippen LogP contribution in [-0.2, 0) is 0 Å². The highest BCUT2D eigenvalue weighted by Crippen LogP contribution is 2.41. The molecule has 0 radical (unpaired) electrons. The first-order valence-electron chi connectivity index (χ1n) is 21.8. The molecule has 0 saturated carbocycles. The summed E-state index contributed by atoms with van der Waals surface area (Å²) in [6.45, 7) is 0. The molecule has 0 unspecified atom stereocenters. The lowest BCUT2D eigenvalue weighted by Gasteiger charge is -2.35. The van der Waals surface area contributed by atoms with Gasteiger partial charge in [0.15, 0.2) is 8.07 Å². The zero-order valence-corrected chi connectivity index (χ0v) is 35.6. The molecule has 0 saturated heterocycles. The van der Waals surface area contributed by atoms with Crippen LogP contribution in [-0.4, -0.2) is 17.2 Å². The molecule has 0 amide bonds. The molecule has 0 bridgehead atoms. The molecule has 0 aliphatic rings. The van der Waals surface area contributed by atoms with Crippen LogP contribution in [0.2, 0.25) is 0 Å².